The van der Waals surface area contributed by atoms with Crippen LogP contribution in [0.2, 0.25) is 0 Å². The summed E-state index contributed by atoms with van der Waals surface area (Å²) in [6.45, 7) is 4.48. The number of aliphatic hydroxyl groups is 1. The molecule has 0 saturated carbocycles. The maximum absolute atomic E-state index is 11.7. The average Bonchev–Trinajstić information content (AvgIpc) is 2.51. The van der Waals surface area contributed by atoms with E-state index in [0.29, 0.717) is 0 Å². The van der Waals surface area contributed by atoms with Gasteiger partial charge in [0.05, 0.1) is 6.42 Å². The molecule has 5 nitrogen and oxygen atoms in total. The predicted molar refractivity (Wildman–Crippen MR) is 84.7 cm³/mol. The van der Waals surface area contributed by atoms with Crippen LogP contribution >= 0.6 is 11.8 Å². The first-order chi connectivity index (χ1) is 10.4. The topological polar surface area (TPSA) is 72.8 Å². The Morgan fingerprint density at radius 3 is 2.36 bits per heavy atom. The summed E-state index contributed by atoms with van der Waals surface area (Å²) in [5.74, 6) is -1.03. The zero-order valence-electron chi connectivity index (χ0n) is 12.7. The van der Waals surface area contributed by atoms with E-state index in [1.165, 1.54) is 6.92 Å². The van der Waals surface area contributed by atoms with Gasteiger partial charge in [-0.2, -0.15) is 0 Å². The first-order valence-electron chi connectivity index (χ1n) is 6.71. The molecule has 0 aliphatic rings. The summed E-state index contributed by atoms with van der Waals surface area (Å²) in [6, 6.07) is 7.58. The number of benzene rings is 1. The van der Waals surface area contributed by atoms with Crippen LogP contribution in [-0.4, -0.2) is 42.6 Å². The molecule has 0 fully saturated rings. The lowest BCUT2D eigenvalue weighted by atomic mass is 10.1. The van der Waals surface area contributed by atoms with Gasteiger partial charge in [0.25, 0.3) is 0 Å². The van der Waals surface area contributed by atoms with Gasteiger partial charge >= 0.3 is 11.9 Å². The van der Waals surface area contributed by atoms with Crippen molar-refractivity contribution in [1.82, 2.24) is 0 Å². The maximum atomic E-state index is 11.7. The number of hydrogen-bond donors (Lipinski definition) is 1. The van der Waals surface area contributed by atoms with Crippen molar-refractivity contribution in [3.63, 3.8) is 0 Å². The van der Waals surface area contributed by atoms with Crippen LogP contribution in [0.1, 0.15) is 12.5 Å². The van der Waals surface area contributed by atoms with Crippen molar-refractivity contribution in [2.24, 2.45) is 0 Å². The number of carbonyl (C=O) groups is 2. The molecule has 1 rings (SSSR count). The number of esters is 2. The molecule has 0 amide bonds. The van der Waals surface area contributed by atoms with E-state index >= 15 is 0 Å². The SMILES string of the molecule is C=C(C)C(=O)OCC(O)COC(=O)Cc1ccc(SC)cc1. The van der Waals surface area contributed by atoms with Crippen LogP contribution in [-0.2, 0) is 25.5 Å². The molecule has 0 aliphatic heterocycles. The largest absolute Gasteiger partial charge is 0.463 e. The van der Waals surface area contributed by atoms with Crippen LogP contribution in [0.15, 0.2) is 41.3 Å². The van der Waals surface area contributed by atoms with Gasteiger partial charge in [0.1, 0.15) is 19.3 Å². The van der Waals surface area contributed by atoms with Crippen molar-refractivity contribution in [2.75, 3.05) is 19.5 Å². The molecule has 1 atom stereocenters. The molecule has 22 heavy (non-hydrogen) atoms. The molecule has 0 radical (unpaired) electrons. The first kappa shape index (κ1) is 18.3. The Bertz CT molecular complexity index is 524. The van der Waals surface area contributed by atoms with Crippen LogP contribution in [0.4, 0.5) is 0 Å². The van der Waals surface area contributed by atoms with Crippen molar-refractivity contribution < 1.29 is 24.2 Å². The van der Waals surface area contributed by atoms with Gasteiger partial charge in [-0.25, -0.2) is 4.79 Å². The highest BCUT2D eigenvalue weighted by Gasteiger charge is 2.12. The molecule has 6 heteroatoms. The summed E-state index contributed by atoms with van der Waals surface area (Å²) in [5.41, 5.74) is 1.09. The molecule has 1 N–H and O–H groups in total. The van der Waals surface area contributed by atoms with Crippen LogP contribution in [0, 0.1) is 0 Å². The minimum Gasteiger partial charge on any atom is -0.463 e. The molecule has 120 valence electrons. The molecule has 1 unspecified atom stereocenters. The van der Waals surface area contributed by atoms with E-state index < -0.39 is 18.0 Å². The predicted octanol–water partition coefficient (Wildman–Crippen LogP) is 1.97. The minimum absolute atomic E-state index is 0.132. The van der Waals surface area contributed by atoms with E-state index in [9.17, 15) is 14.7 Å². The van der Waals surface area contributed by atoms with Gasteiger partial charge < -0.3 is 14.6 Å². The first-order valence-corrected chi connectivity index (χ1v) is 7.94. The third kappa shape index (κ3) is 6.78. The highest BCUT2D eigenvalue weighted by atomic mass is 32.2. The van der Waals surface area contributed by atoms with Crippen LogP contribution < -0.4 is 0 Å². The number of thioether (sulfide) groups is 1. The molecule has 0 aliphatic carbocycles. The normalized spacial score (nSPS) is 11.6. The lowest BCUT2D eigenvalue weighted by Crippen LogP contribution is -2.26. The Balaban J connectivity index is 2.29. The van der Waals surface area contributed by atoms with E-state index in [1.807, 2.05) is 30.5 Å². The Hall–Kier alpha value is -1.79. The summed E-state index contributed by atoms with van der Waals surface area (Å²) in [7, 11) is 0. The summed E-state index contributed by atoms with van der Waals surface area (Å²) < 4.78 is 9.71. The van der Waals surface area contributed by atoms with Gasteiger partial charge in [0.15, 0.2) is 0 Å². The van der Waals surface area contributed by atoms with Crippen LogP contribution in [0.5, 0.6) is 0 Å². The van der Waals surface area contributed by atoms with E-state index in [0.717, 1.165) is 10.5 Å². The average molecular weight is 324 g/mol. The molecule has 0 aromatic heterocycles. The van der Waals surface area contributed by atoms with Crippen molar-refractivity contribution in [1.29, 1.82) is 0 Å². The fraction of sp³-hybridized carbons (Fsp3) is 0.375. The van der Waals surface area contributed by atoms with Gasteiger partial charge in [-0.3, -0.25) is 4.79 Å². The summed E-state index contributed by atoms with van der Waals surface area (Å²) >= 11 is 1.62. The van der Waals surface area contributed by atoms with Gasteiger partial charge in [-0.15, -0.1) is 11.8 Å². The third-order valence-electron chi connectivity index (χ3n) is 2.70. The Labute approximate surface area is 134 Å². The number of rotatable bonds is 8. The molecular weight excluding hydrogens is 304 g/mol. The van der Waals surface area contributed by atoms with Gasteiger partial charge in [-0.05, 0) is 30.9 Å². The lowest BCUT2D eigenvalue weighted by Gasteiger charge is -2.12. The number of aliphatic hydroxyl groups excluding tert-OH is 1. The van der Waals surface area contributed by atoms with Crippen LogP contribution in [0.25, 0.3) is 0 Å². The summed E-state index contributed by atoms with van der Waals surface area (Å²) in [4.78, 5) is 23.9. The Morgan fingerprint density at radius 1 is 1.23 bits per heavy atom. The second kappa shape index (κ2) is 9.27. The molecule has 0 heterocycles. The van der Waals surface area contributed by atoms with E-state index in [4.69, 9.17) is 9.47 Å². The summed E-state index contributed by atoms with van der Waals surface area (Å²) in [6.07, 6.45) is 1.06. The van der Waals surface area contributed by atoms with E-state index in [2.05, 4.69) is 6.58 Å². The van der Waals surface area contributed by atoms with E-state index in [-0.39, 0.29) is 25.2 Å². The van der Waals surface area contributed by atoms with Crippen molar-refractivity contribution in [2.45, 2.75) is 24.3 Å². The molecule has 0 bridgehead atoms. The zero-order valence-corrected chi connectivity index (χ0v) is 13.5. The molecular formula is C16H20O5S. The van der Waals surface area contributed by atoms with E-state index in [1.54, 1.807) is 11.8 Å². The Kier molecular flexibility index (Phi) is 7.70. The van der Waals surface area contributed by atoms with Crippen molar-refractivity contribution in [3.8, 4) is 0 Å². The standard InChI is InChI=1S/C16H20O5S/c1-11(2)16(19)21-10-13(17)9-20-15(18)8-12-4-6-14(22-3)7-5-12/h4-7,13,17H,1,8-10H2,2-3H3. The molecule has 1 aromatic carbocycles. The monoisotopic (exact) mass is 324 g/mol. The second-order valence-electron chi connectivity index (χ2n) is 4.74. The fourth-order valence-corrected chi connectivity index (χ4v) is 1.90. The summed E-state index contributed by atoms with van der Waals surface area (Å²) in [5, 5.41) is 9.58. The van der Waals surface area contributed by atoms with Crippen molar-refractivity contribution >= 4 is 23.7 Å². The lowest BCUT2D eigenvalue weighted by molar-refractivity contribution is -0.149. The highest BCUT2D eigenvalue weighted by molar-refractivity contribution is 7.98. The molecule has 1 aromatic rings. The maximum Gasteiger partial charge on any atom is 0.333 e. The quantitative estimate of drug-likeness (QED) is 0.448. The van der Waals surface area contributed by atoms with Crippen LogP contribution in [0.3, 0.4) is 0 Å². The molecule has 0 saturated heterocycles. The highest BCUT2D eigenvalue weighted by Crippen LogP contribution is 2.15. The number of carbonyl (C=O) groups excluding carboxylic acids is 2. The number of hydrogen-bond acceptors (Lipinski definition) is 6. The van der Waals surface area contributed by atoms with Gasteiger partial charge in [-0.1, -0.05) is 18.7 Å². The third-order valence-corrected chi connectivity index (χ3v) is 3.44. The number of ether oxygens (including phenoxy) is 2. The van der Waals surface area contributed by atoms with Gasteiger partial charge in [0.2, 0.25) is 0 Å². The fourth-order valence-electron chi connectivity index (χ4n) is 1.49. The van der Waals surface area contributed by atoms with Gasteiger partial charge in [0, 0.05) is 10.5 Å². The smallest absolute Gasteiger partial charge is 0.333 e. The molecule has 0 spiro atoms. The zero-order chi connectivity index (χ0) is 16.5. The Morgan fingerprint density at radius 2 is 1.82 bits per heavy atom. The second-order valence-corrected chi connectivity index (χ2v) is 5.62. The van der Waals surface area contributed by atoms with Crippen molar-refractivity contribution in [3.05, 3.63) is 42.0 Å². The minimum atomic E-state index is -1.05.